The van der Waals surface area contributed by atoms with Crippen LogP contribution in [0.3, 0.4) is 0 Å². The van der Waals surface area contributed by atoms with Gasteiger partial charge in [-0.25, -0.2) is 19.7 Å². The Bertz CT molecular complexity index is 1180. The molecule has 1 unspecified atom stereocenters. The number of fused-ring (bicyclic) bond motifs is 1. The highest BCUT2D eigenvalue weighted by Crippen LogP contribution is 2.31. The van der Waals surface area contributed by atoms with E-state index in [1.54, 1.807) is 9.47 Å². The van der Waals surface area contributed by atoms with Gasteiger partial charge in [-0.15, -0.1) is 0 Å². The van der Waals surface area contributed by atoms with Crippen molar-refractivity contribution in [3.63, 3.8) is 0 Å². The van der Waals surface area contributed by atoms with Gasteiger partial charge in [0.25, 0.3) is 0 Å². The van der Waals surface area contributed by atoms with E-state index in [1.165, 1.54) is 6.33 Å². The van der Waals surface area contributed by atoms with E-state index in [0.29, 0.717) is 63.0 Å². The van der Waals surface area contributed by atoms with Crippen LogP contribution in [0.4, 0.5) is 10.6 Å². The van der Waals surface area contributed by atoms with Gasteiger partial charge in [-0.05, 0) is 18.8 Å². The van der Waals surface area contributed by atoms with Crippen LogP contribution in [-0.4, -0.2) is 105 Å². The number of hydrogen-bond donors (Lipinski definition) is 3. The predicted molar refractivity (Wildman–Crippen MR) is 134 cm³/mol. The van der Waals surface area contributed by atoms with Gasteiger partial charge in [-0.1, -0.05) is 19.8 Å². The van der Waals surface area contributed by atoms with Gasteiger partial charge >= 0.3 is 6.09 Å². The number of hydrogen-bond acceptors (Lipinski definition) is 10. The molecule has 4 rings (SSSR count). The van der Waals surface area contributed by atoms with Crippen LogP contribution in [0.15, 0.2) is 6.33 Å². The van der Waals surface area contributed by atoms with Crippen LogP contribution < -0.4 is 11.1 Å². The zero-order valence-corrected chi connectivity index (χ0v) is 21.4. The standard InChI is InChI=1S/C24H34N8O5/c1-4-26-22(34)17-12-16(33)23(37-17)32-14-27-19-20(25)28-18(29-21(19)32)6-5-7-30-8-10-31(11-9-30)24(35)36-13-15(2)3/h14-17,23,33H,4,7-13H2,1-3H3,(H,26,34)(H2,25,28,29)/t16?,17-,23+/m0/s1. The van der Waals surface area contributed by atoms with Gasteiger partial charge in [0.2, 0.25) is 11.7 Å². The number of likely N-dealkylation sites (N-methyl/N-ethyl adjacent to an activating group) is 1. The Hall–Kier alpha value is -3.47. The normalized spacial score (nSPS) is 22.2. The number of carbonyl (C=O) groups excluding carboxylic acids is 2. The average molecular weight is 515 g/mol. The molecule has 37 heavy (non-hydrogen) atoms. The summed E-state index contributed by atoms with van der Waals surface area (Å²) in [5.74, 6) is 6.42. The average Bonchev–Trinajstić information content (AvgIpc) is 3.46. The first-order valence-corrected chi connectivity index (χ1v) is 12.5. The number of aromatic nitrogens is 4. The van der Waals surface area contributed by atoms with Crippen molar-refractivity contribution in [2.24, 2.45) is 5.92 Å². The third-order valence-corrected chi connectivity index (χ3v) is 6.13. The molecule has 13 nitrogen and oxygen atoms in total. The number of amides is 2. The number of imidazole rings is 1. The molecule has 2 fully saturated rings. The molecule has 2 aliphatic heterocycles. The number of aliphatic hydroxyl groups is 1. The van der Waals surface area contributed by atoms with Gasteiger partial charge in [0.15, 0.2) is 17.7 Å². The summed E-state index contributed by atoms with van der Waals surface area (Å²) in [7, 11) is 0. The van der Waals surface area contributed by atoms with Crippen LogP contribution in [-0.2, 0) is 14.3 Å². The Labute approximate surface area is 215 Å². The number of aliphatic hydroxyl groups excluding tert-OH is 1. The number of piperazine rings is 1. The van der Waals surface area contributed by atoms with Crippen molar-refractivity contribution in [3.05, 3.63) is 12.2 Å². The molecule has 2 amide bonds. The van der Waals surface area contributed by atoms with Crippen LogP contribution in [0.1, 0.15) is 39.2 Å². The second-order valence-electron chi connectivity index (χ2n) is 9.51. The SMILES string of the molecule is CCNC(=O)[C@@H]1CC(O)[C@H](n2cnc3c(N)nc(C#CCN4CCN(C(=O)OCC(C)C)CC4)nc32)O1. The third kappa shape index (κ3) is 6.27. The quantitative estimate of drug-likeness (QED) is 0.446. The summed E-state index contributed by atoms with van der Waals surface area (Å²) < 4.78 is 12.7. The van der Waals surface area contributed by atoms with E-state index in [0.717, 1.165) is 0 Å². The van der Waals surface area contributed by atoms with Gasteiger partial charge < -0.3 is 30.5 Å². The first kappa shape index (κ1) is 26.6. The number of nitrogens with one attached hydrogen (secondary N) is 1. The fraction of sp³-hybridized carbons (Fsp3) is 0.625. The van der Waals surface area contributed by atoms with Crippen LogP contribution in [0.25, 0.3) is 11.2 Å². The molecule has 2 aromatic rings. The molecule has 2 saturated heterocycles. The lowest BCUT2D eigenvalue weighted by Gasteiger charge is -2.33. The summed E-state index contributed by atoms with van der Waals surface area (Å²) in [5, 5.41) is 13.2. The lowest BCUT2D eigenvalue weighted by Crippen LogP contribution is -2.49. The second kappa shape index (κ2) is 11.7. The molecule has 0 bridgehead atoms. The summed E-state index contributed by atoms with van der Waals surface area (Å²) in [6, 6.07) is 0. The van der Waals surface area contributed by atoms with E-state index < -0.39 is 18.4 Å². The molecule has 13 heteroatoms. The number of carbonyl (C=O) groups is 2. The molecule has 0 spiro atoms. The van der Waals surface area contributed by atoms with Gasteiger partial charge in [-0.2, -0.15) is 0 Å². The van der Waals surface area contributed by atoms with Gasteiger partial charge in [-0.3, -0.25) is 14.3 Å². The Morgan fingerprint density at radius 3 is 2.76 bits per heavy atom. The largest absolute Gasteiger partial charge is 0.449 e. The van der Waals surface area contributed by atoms with Crippen LogP contribution >= 0.6 is 0 Å². The van der Waals surface area contributed by atoms with Crippen molar-refractivity contribution in [3.8, 4) is 11.8 Å². The summed E-state index contributed by atoms with van der Waals surface area (Å²) >= 11 is 0. The highest BCUT2D eigenvalue weighted by Gasteiger charge is 2.39. The van der Waals surface area contributed by atoms with Crippen molar-refractivity contribution in [2.75, 3.05) is 51.6 Å². The summed E-state index contributed by atoms with van der Waals surface area (Å²) in [6.07, 6.45) is -1.18. The van der Waals surface area contributed by atoms with Gasteiger partial charge in [0.1, 0.15) is 17.7 Å². The van der Waals surface area contributed by atoms with Crippen molar-refractivity contribution in [2.45, 2.75) is 45.6 Å². The highest BCUT2D eigenvalue weighted by atomic mass is 16.6. The maximum Gasteiger partial charge on any atom is 0.409 e. The molecule has 3 atom stereocenters. The lowest BCUT2D eigenvalue weighted by molar-refractivity contribution is -0.134. The molecule has 0 radical (unpaired) electrons. The summed E-state index contributed by atoms with van der Waals surface area (Å²) in [6.45, 7) is 9.71. The van der Waals surface area contributed by atoms with Crippen LogP contribution in [0.2, 0.25) is 0 Å². The number of nitrogens with zero attached hydrogens (tertiary/aromatic N) is 6. The van der Waals surface area contributed by atoms with E-state index >= 15 is 0 Å². The zero-order chi connectivity index (χ0) is 26.5. The zero-order valence-electron chi connectivity index (χ0n) is 21.4. The van der Waals surface area contributed by atoms with E-state index in [-0.39, 0.29) is 30.1 Å². The number of ether oxygens (including phenoxy) is 2. The van der Waals surface area contributed by atoms with E-state index in [9.17, 15) is 14.7 Å². The van der Waals surface area contributed by atoms with Crippen LogP contribution in [0, 0.1) is 17.8 Å². The third-order valence-electron chi connectivity index (χ3n) is 6.13. The highest BCUT2D eigenvalue weighted by molar-refractivity contribution is 5.82. The molecular weight excluding hydrogens is 480 g/mol. The van der Waals surface area contributed by atoms with Crippen molar-refractivity contribution >= 4 is 29.0 Å². The Balaban J connectivity index is 1.39. The first-order valence-electron chi connectivity index (χ1n) is 12.5. The smallest absolute Gasteiger partial charge is 0.409 e. The minimum absolute atomic E-state index is 0.159. The van der Waals surface area contributed by atoms with E-state index in [1.807, 2.05) is 20.8 Å². The molecule has 2 aliphatic rings. The van der Waals surface area contributed by atoms with E-state index in [2.05, 4.69) is 37.0 Å². The fourth-order valence-corrected chi connectivity index (χ4v) is 4.19. The minimum atomic E-state index is -0.919. The monoisotopic (exact) mass is 514 g/mol. The maximum atomic E-state index is 12.2. The Morgan fingerprint density at radius 1 is 1.30 bits per heavy atom. The van der Waals surface area contributed by atoms with Crippen molar-refractivity contribution in [1.29, 1.82) is 0 Å². The second-order valence-corrected chi connectivity index (χ2v) is 9.51. The molecular formula is C24H34N8O5. The molecule has 2 aromatic heterocycles. The molecule has 200 valence electrons. The minimum Gasteiger partial charge on any atom is -0.449 e. The molecule has 0 aromatic carbocycles. The number of nitrogen functional groups attached to an aromatic ring is 1. The Morgan fingerprint density at radius 2 is 2.05 bits per heavy atom. The number of nitrogens with two attached hydrogens (primary N) is 1. The fourth-order valence-electron chi connectivity index (χ4n) is 4.19. The number of anilines is 1. The van der Waals surface area contributed by atoms with Gasteiger partial charge in [0, 0.05) is 39.1 Å². The first-order chi connectivity index (χ1) is 17.8. The summed E-state index contributed by atoms with van der Waals surface area (Å²) in [5.41, 5.74) is 6.83. The predicted octanol–water partition coefficient (Wildman–Crippen LogP) is -0.0453. The number of rotatable bonds is 6. The van der Waals surface area contributed by atoms with Gasteiger partial charge in [0.05, 0.1) is 19.5 Å². The van der Waals surface area contributed by atoms with Crippen LogP contribution in [0.5, 0.6) is 0 Å². The topological polar surface area (TPSA) is 161 Å². The molecule has 4 heterocycles. The van der Waals surface area contributed by atoms with Crippen molar-refractivity contribution < 1.29 is 24.2 Å². The molecule has 0 aliphatic carbocycles. The Kier molecular flexibility index (Phi) is 8.42. The lowest BCUT2D eigenvalue weighted by atomic mass is 10.2. The molecule has 0 saturated carbocycles. The van der Waals surface area contributed by atoms with E-state index in [4.69, 9.17) is 15.2 Å². The van der Waals surface area contributed by atoms with Crippen molar-refractivity contribution in [1.82, 2.24) is 34.6 Å². The maximum absolute atomic E-state index is 12.2. The molecule has 4 N–H and O–H groups in total. The summed E-state index contributed by atoms with van der Waals surface area (Å²) in [4.78, 5) is 41.1.